The van der Waals surface area contributed by atoms with Gasteiger partial charge in [0, 0.05) is 11.4 Å². The lowest BCUT2D eigenvalue weighted by Crippen LogP contribution is -1.88. The maximum absolute atomic E-state index is 5.70. The number of anilines is 2. The van der Waals surface area contributed by atoms with Crippen molar-refractivity contribution < 1.29 is 0 Å². The minimum Gasteiger partial charge on any atom is -0.399 e. The van der Waals surface area contributed by atoms with Crippen molar-refractivity contribution in [3.63, 3.8) is 0 Å². The van der Waals surface area contributed by atoms with Crippen molar-refractivity contribution in [2.45, 2.75) is 18.3 Å². The lowest BCUT2D eigenvalue weighted by Gasteiger charge is -2.02. The first-order valence-electron chi connectivity index (χ1n) is 5.95. The third-order valence-electron chi connectivity index (χ3n) is 3.52. The molecule has 0 heterocycles. The van der Waals surface area contributed by atoms with Gasteiger partial charge in [-0.3, -0.25) is 0 Å². The molecule has 1 fully saturated rings. The fraction of sp³-hybridized carbons (Fsp3) is 0.200. The maximum Gasteiger partial charge on any atom is 0.0314 e. The Hall–Kier alpha value is -1.96. The summed E-state index contributed by atoms with van der Waals surface area (Å²) >= 11 is 0. The quantitative estimate of drug-likeness (QED) is 0.770. The van der Waals surface area contributed by atoms with Crippen LogP contribution in [0, 0.1) is 0 Å². The van der Waals surface area contributed by atoms with Crippen LogP contribution in [0.15, 0.2) is 48.5 Å². The molecule has 1 aliphatic rings. The van der Waals surface area contributed by atoms with Crippen molar-refractivity contribution in [2.24, 2.45) is 0 Å². The molecule has 0 aromatic heterocycles. The monoisotopic (exact) mass is 224 g/mol. The molecule has 2 heteroatoms. The van der Waals surface area contributed by atoms with Crippen molar-refractivity contribution in [2.75, 3.05) is 11.5 Å². The predicted octanol–water partition coefficient (Wildman–Crippen LogP) is 3.12. The molecule has 0 spiro atoms. The Balaban J connectivity index is 1.78. The van der Waals surface area contributed by atoms with E-state index < -0.39 is 0 Å². The van der Waals surface area contributed by atoms with Crippen LogP contribution in [0.2, 0.25) is 0 Å². The van der Waals surface area contributed by atoms with Crippen LogP contribution >= 0.6 is 0 Å². The molecule has 2 aromatic rings. The summed E-state index contributed by atoms with van der Waals surface area (Å²) in [6, 6.07) is 16.5. The highest BCUT2D eigenvalue weighted by Gasteiger charge is 2.39. The molecule has 0 saturated heterocycles. The minimum atomic E-state index is 0.652. The standard InChI is InChI=1S/C15H16N2/c16-12-5-1-10(2-6-12)14-9-15(14)11-3-7-13(17)8-4-11/h1-8,14-15H,9,16-17H2/t14-,15+. The summed E-state index contributed by atoms with van der Waals surface area (Å²) in [6.07, 6.45) is 1.23. The van der Waals surface area contributed by atoms with Crippen LogP contribution in [-0.4, -0.2) is 0 Å². The van der Waals surface area contributed by atoms with E-state index in [1.54, 1.807) is 0 Å². The van der Waals surface area contributed by atoms with E-state index in [4.69, 9.17) is 11.5 Å². The van der Waals surface area contributed by atoms with Crippen LogP contribution in [0.4, 0.5) is 11.4 Å². The summed E-state index contributed by atoms with van der Waals surface area (Å²) in [5.74, 6) is 1.30. The molecule has 2 atom stereocenters. The van der Waals surface area contributed by atoms with Crippen molar-refractivity contribution in [1.29, 1.82) is 0 Å². The highest BCUT2D eigenvalue weighted by atomic mass is 14.5. The van der Waals surface area contributed by atoms with Gasteiger partial charge in [-0.25, -0.2) is 0 Å². The maximum atomic E-state index is 5.70. The summed E-state index contributed by atoms with van der Waals surface area (Å²) in [5.41, 5.74) is 15.8. The lowest BCUT2D eigenvalue weighted by molar-refractivity contribution is 1.03. The van der Waals surface area contributed by atoms with Crippen molar-refractivity contribution in [3.05, 3.63) is 59.7 Å². The van der Waals surface area contributed by atoms with E-state index in [2.05, 4.69) is 24.3 Å². The van der Waals surface area contributed by atoms with E-state index in [1.807, 2.05) is 24.3 Å². The smallest absolute Gasteiger partial charge is 0.0314 e. The van der Waals surface area contributed by atoms with Gasteiger partial charge >= 0.3 is 0 Å². The lowest BCUT2D eigenvalue weighted by atomic mass is 10.0. The Morgan fingerprint density at radius 3 is 1.35 bits per heavy atom. The summed E-state index contributed by atoms with van der Waals surface area (Å²) < 4.78 is 0. The molecule has 0 radical (unpaired) electrons. The van der Waals surface area contributed by atoms with Crippen LogP contribution in [0.3, 0.4) is 0 Å². The molecular formula is C15H16N2. The number of rotatable bonds is 2. The SMILES string of the molecule is Nc1ccc([C@H]2C[C@H]2c2ccc(N)cc2)cc1. The highest BCUT2D eigenvalue weighted by Crippen LogP contribution is 2.54. The van der Waals surface area contributed by atoms with E-state index in [9.17, 15) is 0 Å². The van der Waals surface area contributed by atoms with Crippen LogP contribution in [0.1, 0.15) is 29.4 Å². The fourth-order valence-corrected chi connectivity index (χ4v) is 2.42. The van der Waals surface area contributed by atoms with Gasteiger partial charge in [0.15, 0.2) is 0 Å². The molecule has 3 rings (SSSR count). The zero-order chi connectivity index (χ0) is 11.8. The molecule has 2 aromatic carbocycles. The number of nitrogen functional groups attached to an aromatic ring is 2. The van der Waals surface area contributed by atoms with Crippen LogP contribution in [0.25, 0.3) is 0 Å². The van der Waals surface area contributed by atoms with Gasteiger partial charge in [0.25, 0.3) is 0 Å². The number of benzene rings is 2. The van der Waals surface area contributed by atoms with E-state index in [-0.39, 0.29) is 0 Å². The fourth-order valence-electron chi connectivity index (χ4n) is 2.42. The topological polar surface area (TPSA) is 52.0 Å². The molecule has 0 aliphatic heterocycles. The number of hydrogen-bond donors (Lipinski definition) is 2. The number of hydrogen-bond acceptors (Lipinski definition) is 2. The molecular weight excluding hydrogens is 208 g/mol. The molecule has 4 N–H and O–H groups in total. The average molecular weight is 224 g/mol. The van der Waals surface area contributed by atoms with Gasteiger partial charge in [0.1, 0.15) is 0 Å². The van der Waals surface area contributed by atoms with Crippen molar-refractivity contribution in [3.8, 4) is 0 Å². The van der Waals surface area contributed by atoms with Gasteiger partial charge < -0.3 is 11.5 Å². The summed E-state index contributed by atoms with van der Waals surface area (Å²) in [5, 5.41) is 0. The van der Waals surface area contributed by atoms with E-state index in [0.29, 0.717) is 11.8 Å². The third kappa shape index (κ3) is 1.98. The van der Waals surface area contributed by atoms with Gasteiger partial charge in [-0.1, -0.05) is 24.3 Å². The van der Waals surface area contributed by atoms with Crippen molar-refractivity contribution in [1.82, 2.24) is 0 Å². The third-order valence-corrected chi connectivity index (χ3v) is 3.52. The second-order valence-corrected chi connectivity index (χ2v) is 4.78. The Morgan fingerprint density at radius 1 is 0.647 bits per heavy atom. The molecule has 0 unspecified atom stereocenters. The second-order valence-electron chi connectivity index (χ2n) is 4.78. The molecule has 17 heavy (non-hydrogen) atoms. The molecule has 1 saturated carbocycles. The Bertz CT molecular complexity index is 464. The Kier molecular flexibility index (Phi) is 2.29. The molecule has 2 nitrogen and oxygen atoms in total. The number of nitrogens with two attached hydrogens (primary N) is 2. The minimum absolute atomic E-state index is 0.652. The second kappa shape index (κ2) is 3.81. The largest absolute Gasteiger partial charge is 0.399 e. The summed E-state index contributed by atoms with van der Waals surface area (Å²) in [6.45, 7) is 0. The molecule has 0 bridgehead atoms. The molecule has 0 amide bonds. The molecule has 86 valence electrons. The highest BCUT2D eigenvalue weighted by molar-refractivity contribution is 5.46. The first-order valence-corrected chi connectivity index (χ1v) is 5.95. The van der Waals surface area contributed by atoms with Gasteiger partial charge in [-0.15, -0.1) is 0 Å². The van der Waals surface area contributed by atoms with Crippen molar-refractivity contribution >= 4 is 11.4 Å². The Labute approximate surface area is 101 Å². The summed E-state index contributed by atoms with van der Waals surface area (Å²) in [4.78, 5) is 0. The van der Waals surface area contributed by atoms with Crippen LogP contribution < -0.4 is 11.5 Å². The van der Waals surface area contributed by atoms with Gasteiger partial charge in [0.2, 0.25) is 0 Å². The zero-order valence-electron chi connectivity index (χ0n) is 9.64. The molecule has 1 aliphatic carbocycles. The van der Waals surface area contributed by atoms with E-state index in [0.717, 1.165) is 11.4 Å². The first kappa shape index (κ1) is 10.2. The van der Waals surface area contributed by atoms with Gasteiger partial charge in [-0.2, -0.15) is 0 Å². The summed E-state index contributed by atoms with van der Waals surface area (Å²) in [7, 11) is 0. The first-order chi connectivity index (χ1) is 8.24. The van der Waals surface area contributed by atoms with E-state index >= 15 is 0 Å². The van der Waals surface area contributed by atoms with Crippen LogP contribution in [-0.2, 0) is 0 Å². The average Bonchev–Trinajstić information content (AvgIpc) is 3.11. The normalized spacial score (nSPS) is 22.4. The zero-order valence-corrected chi connectivity index (χ0v) is 9.64. The predicted molar refractivity (Wildman–Crippen MR) is 71.8 cm³/mol. The van der Waals surface area contributed by atoms with Crippen LogP contribution in [0.5, 0.6) is 0 Å². The van der Waals surface area contributed by atoms with Gasteiger partial charge in [0.05, 0.1) is 0 Å². The van der Waals surface area contributed by atoms with E-state index in [1.165, 1.54) is 17.5 Å². The Morgan fingerprint density at radius 2 is 1.00 bits per heavy atom. The van der Waals surface area contributed by atoms with Gasteiger partial charge in [-0.05, 0) is 53.6 Å².